The number of rotatable bonds is 5. The Balaban J connectivity index is 0.00000192. The van der Waals surface area contributed by atoms with Gasteiger partial charge in [0.2, 0.25) is 0 Å². The average Bonchev–Trinajstić information content (AvgIpc) is 3.32. The van der Waals surface area contributed by atoms with Crippen molar-refractivity contribution in [3.05, 3.63) is 35.4 Å². The van der Waals surface area contributed by atoms with Gasteiger partial charge < -0.3 is 5.32 Å². The van der Waals surface area contributed by atoms with Crippen molar-refractivity contribution >= 4 is 12.4 Å². The molecule has 0 aromatic heterocycles. The molecule has 1 saturated heterocycles. The van der Waals surface area contributed by atoms with Crippen LogP contribution in [0.1, 0.15) is 36.8 Å². The van der Waals surface area contributed by atoms with Gasteiger partial charge in [-0.2, -0.15) is 13.2 Å². The Bertz CT molecular complexity index is 497. The molecule has 0 amide bonds. The maximum atomic E-state index is 13.1. The van der Waals surface area contributed by atoms with Crippen molar-refractivity contribution in [2.24, 2.45) is 5.92 Å². The lowest BCUT2D eigenvalue weighted by molar-refractivity contribution is -0.138. The number of benzene rings is 1. The molecule has 2 nitrogen and oxygen atoms in total. The third kappa shape index (κ3) is 5.10. The van der Waals surface area contributed by atoms with E-state index in [1.165, 1.54) is 12.1 Å². The number of nitrogens with one attached hydrogen (secondary N) is 1. The molecule has 1 saturated carbocycles. The van der Waals surface area contributed by atoms with Gasteiger partial charge in [0.1, 0.15) is 0 Å². The van der Waals surface area contributed by atoms with Crippen molar-refractivity contribution in [1.29, 1.82) is 0 Å². The molecule has 0 bridgehead atoms. The second kappa shape index (κ2) is 7.86. The largest absolute Gasteiger partial charge is 0.416 e. The van der Waals surface area contributed by atoms with Crippen LogP contribution in [0.25, 0.3) is 0 Å². The number of hydrogen-bond donors (Lipinski definition) is 1. The molecule has 6 heteroatoms. The number of piperidine rings is 1. The highest BCUT2D eigenvalue weighted by Crippen LogP contribution is 2.35. The van der Waals surface area contributed by atoms with Crippen molar-refractivity contribution in [3.63, 3.8) is 0 Å². The fraction of sp³-hybridized carbons (Fsp3) is 0.647. The normalized spacial score (nSPS) is 19.7. The summed E-state index contributed by atoms with van der Waals surface area (Å²) < 4.78 is 39.4. The van der Waals surface area contributed by atoms with Crippen molar-refractivity contribution in [2.45, 2.75) is 44.4 Å². The SMILES string of the molecule is Cl.FC(F)(F)c1ccccc1CN(CC1CCNCC1)C1CC1. The van der Waals surface area contributed by atoms with E-state index < -0.39 is 11.7 Å². The summed E-state index contributed by atoms with van der Waals surface area (Å²) in [5.74, 6) is 0.611. The molecule has 1 heterocycles. The lowest BCUT2D eigenvalue weighted by atomic mass is 9.97. The summed E-state index contributed by atoms with van der Waals surface area (Å²) in [5, 5.41) is 3.34. The van der Waals surface area contributed by atoms with Crippen molar-refractivity contribution in [2.75, 3.05) is 19.6 Å². The molecule has 1 N–H and O–H groups in total. The Morgan fingerprint density at radius 2 is 1.70 bits per heavy atom. The number of nitrogens with zero attached hydrogens (tertiary/aromatic N) is 1. The van der Waals surface area contributed by atoms with E-state index in [0.29, 0.717) is 24.1 Å². The zero-order valence-electron chi connectivity index (χ0n) is 13.1. The van der Waals surface area contributed by atoms with E-state index in [1.54, 1.807) is 12.1 Å². The minimum absolute atomic E-state index is 0. The molecule has 1 aliphatic heterocycles. The molecule has 0 unspecified atom stereocenters. The summed E-state index contributed by atoms with van der Waals surface area (Å²) in [7, 11) is 0. The molecule has 1 aromatic carbocycles. The molecule has 0 radical (unpaired) electrons. The van der Waals surface area contributed by atoms with Crippen molar-refractivity contribution in [1.82, 2.24) is 10.2 Å². The first-order valence-corrected chi connectivity index (χ1v) is 8.14. The van der Waals surface area contributed by atoms with Gasteiger partial charge in [-0.3, -0.25) is 4.90 Å². The fourth-order valence-electron chi connectivity index (χ4n) is 3.33. The van der Waals surface area contributed by atoms with Crippen LogP contribution in [0.2, 0.25) is 0 Å². The minimum Gasteiger partial charge on any atom is -0.317 e. The van der Waals surface area contributed by atoms with E-state index in [2.05, 4.69) is 10.2 Å². The Morgan fingerprint density at radius 3 is 2.30 bits per heavy atom. The zero-order chi connectivity index (χ0) is 15.6. The van der Waals surface area contributed by atoms with Gasteiger partial charge in [0.15, 0.2) is 0 Å². The molecule has 1 aliphatic carbocycles. The smallest absolute Gasteiger partial charge is 0.317 e. The maximum absolute atomic E-state index is 13.1. The van der Waals surface area contributed by atoms with Gasteiger partial charge in [0, 0.05) is 19.1 Å². The Hall–Kier alpha value is -0.780. The van der Waals surface area contributed by atoms with Gasteiger partial charge in [-0.15, -0.1) is 12.4 Å². The van der Waals surface area contributed by atoms with Crippen molar-refractivity contribution < 1.29 is 13.2 Å². The Morgan fingerprint density at radius 1 is 1.04 bits per heavy atom. The number of hydrogen-bond acceptors (Lipinski definition) is 2. The topological polar surface area (TPSA) is 15.3 Å². The third-order valence-electron chi connectivity index (χ3n) is 4.71. The molecular formula is C17H24ClF3N2. The van der Waals surface area contributed by atoms with E-state index in [0.717, 1.165) is 45.3 Å². The summed E-state index contributed by atoms with van der Waals surface area (Å²) in [6.07, 6.45) is 0.243. The monoisotopic (exact) mass is 348 g/mol. The van der Waals surface area contributed by atoms with Crippen LogP contribution in [0, 0.1) is 5.92 Å². The number of alkyl halides is 3. The molecule has 0 spiro atoms. The first-order valence-electron chi connectivity index (χ1n) is 8.14. The van der Waals surface area contributed by atoms with E-state index in [4.69, 9.17) is 0 Å². The minimum atomic E-state index is -4.26. The molecule has 2 aliphatic rings. The fourth-order valence-corrected chi connectivity index (χ4v) is 3.33. The highest BCUT2D eigenvalue weighted by molar-refractivity contribution is 5.85. The second-order valence-electron chi connectivity index (χ2n) is 6.51. The second-order valence-corrected chi connectivity index (χ2v) is 6.51. The molecular weight excluding hydrogens is 325 g/mol. The van der Waals surface area contributed by atoms with Gasteiger partial charge in [-0.05, 0) is 56.3 Å². The van der Waals surface area contributed by atoms with Gasteiger partial charge in [-0.25, -0.2) is 0 Å². The first-order chi connectivity index (χ1) is 10.5. The molecule has 23 heavy (non-hydrogen) atoms. The summed E-state index contributed by atoms with van der Waals surface area (Å²) in [6, 6.07) is 6.49. The highest BCUT2D eigenvalue weighted by atomic mass is 35.5. The number of halogens is 4. The van der Waals surface area contributed by atoms with Crippen LogP contribution in [-0.2, 0) is 12.7 Å². The molecule has 1 aromatic rings. The van der Waals surface area contributed by atoms with Crippen LogP contribution in [0.5, 0.6) is 0 Å². The van der Waals surface area contributed by atoms with Gasteiger partial charge in [0.25, 0.3) is 0 Å². The average molecular weight is 349 g/mol. The predicted octanol–water partition coefficient (Wildman–Crippen LogP) is 4.09. The molecule has 130 valence electrons. The van der Waals surface area contributed by atoms with Crippen LogP contribution in [0.4, 0.5) is 13.2 Å². The van der Waals surface area contributed by atoms with Gasteiger partial charge in [-0.1, -0.05) is 18.2 Å². The Kier molecular flexibility index (Phi) is 6.34. The zero-order valence-corrected chi connectivity index (χ0v) is 13.9. The summed E-state index contributed by atoms with van der Waals surface area (Å²) in [6.45, 7) is 3.41. The standard InChI is InChI=1S/C17H23F3N2.ClH/c18-17(19,20)16-4-2-1-3-14(16)12-22(15-5-6-15)11-13-7-9-21-10-8-13;/h1-4,13,15,21H,5-12H2;1H. The van der Waals surface area contributed by atoms with Gasteiger partial charge >= 0.3 is 6.18 Å². The quantitative estimate of drug-likeness (QED) is 0.862. The van der Waals surface area contributed by atoms with E-state index in [1.807, 2.05) is 0 Å². The van der Waals surface area contributed by atoms with Crippen LogP contribution in [0.15, 0.2) is 24.3 Å². The Labute approximate surface area is 141 Å². The maximum Gasteiger partial charge on any atom is 0.416 e. The lowest BCUT2D eigenvalue weighted by Crippen LogP contribution is -2.37. The van der Waals surface area contributed by atoms with Crippen LogP contribution in [-0.4, -0.2) is 30.6 Å². The van der Waals surface area contributed by atoms with Crippen molar-refractivity contribution in [3.8, 4) is 0 Å². The highest BCUT2D eigenvalue weighted by Gasteiger charge is 2.36. The van der Waals surface area contributed by atoms with Crippen LogP contribution in [0.3, 0.4) is 0 Å². The van der Waals surface area contributed by atoms with E-state index in [-0.39, 0.29) is 12.4 Å². The third-order valence-corrected chi connectivity index (χ3v) is 4.71. The van der Waals surface area contributed by atoms with Crippen LogP contribution >= 0.6 is 12.4 Å². The molecule has 0 atom stereocenters. The lowest BCUT2D eigenvalue weighted by Gasteiger charge is -2.30. The first kappa shape index (κ1) is 18.6. The molecule has 2 fully saturated rings. The summed E-state index contributed by atoms with van der Waals surface area (Å²) >= 11 is 0. The summed E-state index contributed by atoms with van der Waals surface area (Å²) in [4.78, 5) is 2.28. The summed E-state index contributed by atoms with van der Waals surface area (Å²) in [5.41, 5.74) is -0.0678. The van der Waals surface area contributed by atoms with Crippen LogP contribution < -0.4 is 5.32 Å². The van der Waals surface area contributed by atoms with E-state index in [9.17, 15) is 13.2 Å². The van der Waals surface area contributed by atoms with Gasteiger partial charge in [0.05, 0.1) is 5.56 Å². The predicted molar refractivity (Wildman–Crippen MR) is 87.7 cm³/mol. The van der Waals surface area contributed by atoms with E-state index >= 15 is 0 Å². The molecule has 3 rings (SSSR count).